The Morgan fingerprint density at radius 2 is 2.26 bits per heavy atom. The Labute approximate surface area is 109 Å². The van der Waals surface area contributed by atoms with E-state index in [2.05, 4.69) is 30.5 Å². The van der Waals surface area contributed by atoms with Crippen LogP contribution in [-0.2, 0) is 4.74 Å². The number of aromatic nitrogens is 6. The van der Waals surface area contributed by atoms with Crippen LogP contribution in [0.25, 0.3) is 5.95 Å². The topological polar surface area (TPSA) is 126 Å². The molecule has 1 atom stereocenters. The van der Waals surface area contributed by atoms with Crippen LogP contribution in [0.15, 0.2) is 12.7 Å². The Bertz CT molecular complexity index is 517. The zero-order valence-electron chi connectivity index (χ0n) is 10.5. The van der Waals surface area contributed by atoms with Gasteiger partial charge in [-0.05, 0) is 6.92 Å². The van der Waals surface area contributed by atoms with Crippen LogP contribution in [0.2, 0.25) is 0 Å². The maximum atomic E-state index is 5.49. The molecule has 2 aromatic rings. The molecule has 19 heavy (non-hydrogen) atoms. The summed E-state index contributed by atoms with van der Waals surface area (Å²) in [6.45, 7) is 2.24. The van der Waals surface area contributed by atoms with Gasteiger partial charge in [0.15, 0.2) is 0 Å². The van der Waals surface area contributed by atoms with E-state index in [1.165, 1.54) is 17.3 Å². The van der Waals surface area contributed by atoms with Crippen LogP contribution in [-0.4, -0.2) is 49.5 Å². The summed E-state index contributed by atoms with van der Waals surface area (Å²) in [5.74, 6) is 5.72. The van der Waals surface area contributed by atoms with Crippen LogP contribution in [0.1, 0.15) is 6.92 Å². The van der Waals surface area contributed by atoms with Crippen molar-refractivity contribution in [2.24, 2.45) is 5.84 Å². The summed E-state index contributed by atoms with van der Waals surface area (Å²) < 4.78 is 11.8. The number of rotatable bonds is 6. The maximum Gasteiger partial charge on any atom is 0.323 e. The monoisotopic (exact) mass is 266 g/mol. The van der Waals surface area contributed by atoms with Gasteiger partial charge >= 0.3 is 6.01 Å². The molecule has 0 saturated heterocycles. The molecule has 0 aliphatic carbocycles. The van der Waals surface area contributed by atoms with Gasteiger partial charge in [-0.15, -0.1) is 0 Å². The third kappa shape index (κ3) is 3.33. The first-order valence-electron chi connectivity index (χ1n) is 5.46. The Hall–Kier alpha value is -2.33. The van der Waals surface area contributed by atoms with E-state index < -0.39 is 0 Å². The lowest BCUT2D eigenvalue weighted by atomic mass is 10.4. The van der Waals surface area contributed by atoms with E-state index >= 15 is 0 Å². The van der Waals surface area contributed by atoms with Gasteiger partial charge in [0.2, 0.25) is 5.95 Å². The number of methoxy groups -OCH3 is 1. The van der Waals surface area contributed by atoms with E-state index in [-0.39, 0.29) is 24.0 Å². The Kier molecular flexibility index (Phi) is 4.15. The van der Waals surface area contributed by atoms with Crippen molar-refractivity contribution in [2.45, 2.75) is 13.0 Å². The van der Waals surface area contributed by atoms with Crippen molar-refractivity contribution in [3.63, 3.8) is 0 Å². The average molecular weight is 266 g/mol. The second-order valence-electron chi connectivity index (χ2n) is 3.61. The standard InChI is InChI=1S/C9H14N8O2/c1-6(3-18-2)19-9-14-7(16-10)13-8(15-9)17-5-11-4-12-17/h4-6H,3,10H2,1-2H3,(H,13,14,15,16). The first-order chi connectivity index (χ1) is 9.22. The van der Waals surface area contributed by atoms with E-state index in [0.717, 1.165) is 0 Å². The molecule has 0 aliphatic heterocycles. The quantitative estimate of drug-likeness (QED) is 0.507. The molecule has 3 N–H and O–H groups in total. The minimum atomic E-state index is -0.207. The normalized spacial score (nSPS) is 12.2. The maximum absolute atomic E-state index is 5.49. The van der Waals surface area contributed by atoms with Crippen LogP contribution in [0.5, 0.6) is 6.01 Å². The lowest BCUT2D eigenvalue weighted by molar-refractivity contribution is 0.0854. The second kappa shape index (κ2) is 6.02. The summed E-state index contributed by atoms with van der Waals surface area (Å²) in [4.78, 5) is 15.9. The van der Waals surface area contributed by atoms with Gasteiger partial charge in [0.05, 0.1) is 6.61 Å². The van der Waals surface area contributed by atoms with Crippen LogP contribution in [0, 0.1) is 0 Å². The molecule has 2 heterocycles. The van der Waals surface area contributed by atoms with Crippen molar-refractivity contribution in [2.75, 3.05) is 19.1 Å². The van der Waals surface area contributed by atoms with Crippen molar-refractivity contribution in [1.82, 2.24) is 29.7 Å². The van der Waals surface area contributed by atoms with Crippen molar-refractivity contribution in [3.05, 3.63) is 12.7 Å². The third-order valence-corrected chi connectivity index (χ3v) is 2.06. The van der Waals surface area contributed by atoms with Crippen molar-refractivity contribution >= 4 is 5.95 Å². The van der Waals surface area contributed by atoms with Gasteiger partial charge in [-0.2, -0.15) is 24.7 Å². The molecule has 102 valence electrons. The highest BCUT2D eigenvalue weighted by molar-refractivity contribution is 5.28. The lowest BCUT2D eigenvalue weighted by Gasteiger charge is -2.12. The molecule has 0 aliphatic rings. The van der Waals surface area contributed by atoms with Gasteiger partial charge in [-0.3, -0.25) is 5.43 Å². The highest BCUT2D eigenvalue weighted by atomic mass is 16.5. The number of anilines is 1. The molecule has 10 nitrogen and oxygen atoms in total. The summed E-state index contributed by atoms with van der Waals surface area (Å²) in [5.41, 5.74) is 2.34. The number of hydrogen-bond acceptors (Lipinski definition) is 9. The van der Waals surface area contributed by atoms with Crippen LogP contribution in [0.4, 0.5) is 5.95 Å². The Morgan fingerprint density at radius 1 is 1.42 bits per heavy atom. The number of ether oxygens (including phenoxy) is 2. The molecule has 2 aromatic heterocycles. The number of hydrazine groups is 1. The van der Waals surface area contributed by atoms with Gasteiger partial charge in [-0.1, -0.05) is 0 Å². The number of nitrogen functional groups attached to an aromatic ring is 1. The molecule has 0 bridgehead atoms. The summed E-state index contributed by atoms with van der Waals surface area (Å²) in [6, 6.07) is 0.123. The molecule has 0 radical (unpaired) electrons. The zero-order chi connectivity index (χ0) is 13.7. The SMILES string of the molecule is COCC(C)Oc1nc(NN)nc(-n2cncn2)n1. The van der Waals surface area contributed by atoms with E-state index in [4.69, 9.17) is 15.3 Å². The fourth-order valence-corrected chi connectivity index (χ4v) is 1.33. The molecule has 0 amide bonds. The largest absolute Gasteiger partial charge is 0.458 e. The molecule has 0 aromatic carbocycles. The van der Waals surface area contributed by atoms with Crippen LogP contribution in [0.3, 0.4) is 0 Å². The molecular weight excluding hydrogens is 252 g/mol. The zero-order valence-corrected chi connectivity index (χ0v) is 10.5. The van der Waals surface area contributed by atoms with E-state index in [9.17, 15) is 0 Å². The molecule has 0 spiro atoms. The van der Waals surface area contributed by atoms with Crippen LogP contribution >= 0.6 is 0 Å². The Morgan fingerprint density at radius 3 is 2.89 bits per heavy atom. The second-order valence-corrected chi connectivity index (χ2v) is 3.61. The van der Waals surface area contributed by atoms with E-state index in [1.54, 1.807) is 7.11 Å². The van der Waals surface area contributed by atoms with Gasteiger partial charge in [0.1, 0.15) is 18.8 Å². The first kappa shape index (κ1) is 13.1. The predicted octanol–water partition coefficient (Wildman–Crippen LogP) is -0.848. The number of hydrogen-bond donors (Lipinski definition) is 2. The summed E-state index contributed by atoms with van der Waals surface area (Å²) >= 11 is 0. The Balaban J connectivity index is 2.26. The summed E-state index contributed by atoms with van der Waals surface area (Å²) in [7, 11) is 1.58. The molecule has 2 rings (SSSR count). The van der Waals surface area contributed by atoms with Gasteiger partial charge in [0.25, 0.3) is 5.95 Å². The summed E-state index contributed by atoms with van der Waals surface area (Å²) in [5, 5.41) is 3.92. The minimum Gasteiger partial charge on any atom is -0.458 e. The van der Waals surface area contributed by atoms with Gasteiger partial charge in [0, 0.05) is 7.11 Å². The predicted molar refractivity (Wildman–Crippen MR) is 64.5 cm³/mol. The third-order valence-electron chi connectivity index (χ3n) is 2.06. The number of nitrogens with one attached hydrogen (secondary N) is 1. The first-order valence-corrected chi connectivity index (χ1v) is 5.46. The fourth-order valence-electron chi connectivity index (χ4n) is 1.33. The average Bonchev–Trinajstić information content (AvgIpc) is 2.92. The van der Waals surface area contributed by atoms with E-state index in [0.29, 0.717) is 6.61 Å². The minimum absolute atomic E-state index is 0.123. The number of nitrogens with zero attached hydrogens (tertiary/aromatic N) is 6. The molecule has 0 fully saturated rings. The molecule has 10 heteroatoms. The highest BCUT2D eigenvalue weighted by Crippen LogP contribution is 2.11. The summed E-state index contributed by atoms with van der Waals surface area (Å²) in [6.07, 6.45) is 2.62. The van der Waals surface area contributed by atoms with Crippen LogP contribution < -0.4 is 16.0 Å². The lowest BCUT2D eigenvalue weighted by Crippen LogP contribution is -2.21. The van der Waals surface area contributed by atoms with Crippen molar-refractivity contribution in [3.8, 4) is 12.0 Å². The van der Waals surface area contributed by atoms with Crippen molar-refractivity contribution < 1.29 is 9.47 Å². The highest BCUT2D eigenvalue weighted by Gasteiger charge is 2.12. The van der Waals surface area contributed by atoms with E-state index in [1.807, 2.05) is 6.92 Å². The van der Waals surface area contributed by atoms with Gasteiger partial charge < -0.3 is 9.47 Å². The van der Waals surface area contributed by atoms with Crippen molar-refractivity contribution in [1.29, 1.82) is 0 Å². The molecular formula is C9H14N8O2. The smallest absolute Gasteiger partial charge is 0.323 e. The number of nitrogens with two attached hydrogens (primary N) is 1. The van der Waals surface area contributed by atoms with Gasteiger partial charge in [-0.25, -0.2) is 10.8 Å². The molecule has 0 saturated carbocycles. The molecule has 1 unspecified atom stereocenters. The fraction of sp³-hybridized carbons (Fsp3) is 0.444.